The maximum Gasteiger partial charge on any atom is 0.407 e. The second kappa shape index (κ2) is 9.11. The summed E-state index contributed by atoms with van der Waals surface area (Å²) >= 11 is 0. The number of nitrogens with one attached hydrogen (secondary N) is 1. The molecule has 0 aromatic heterocycles. The molecule has 41 heavy (non-hydrogen) atoms. The molecule has 2 spiro atoms. The van der Waals surface area contributed by atoms with Gasteiger partial charge in [0.2, 0.25) is 0 Å². The highest BCUT2D eigenvalue weighted by molar-refractivity contribution is 5.80. The standard InChI is InChI=1S/C31H39NO9/c1-16-13-29-14-18-7-8-19(37-6)23-22(18)30(15-29)25(40-23)20(9-11-31(30,36)24(16)29)39-26(34)17(2)38-21(33)10-12-32-27(35)41-28(3,4)5/h7-9,16-17,24-25,36H,10-15H2,1-6H3,(H,32,35)/t16?,17-,24+,25-,29?,30-,31+/m0/s1. The van der Waals surface area contributed by atoms with Crippen molar-refractivity contribution in [3.8, 4) is 11.5 Å². The monoisotopic (exact) mass is 569 g/mol. The number of carbonyl (C=O) groups excluding carboxylic acids is 3. The Balaban J connectivity index is 1.18. The van der Waals surface area contributed by atoms with Crippen LogP contribution in [0.25, 0.3) is 0 Å². The highest BCUT2D eigenvalue weighted by Crippen LogP contribution is 2.80. The lowest BCUT2D eigenvalue weighted by Gasteiger charge is -2.54. The Hall–Kier alpha value is -3.27. The lowest BCUT2D eigenvalue weighted by Crippen LogP contribution is -2.61. The molecule has 2 fully saturated rings. The number of hydrogen-bond acceptors (Lipinski definition) is 9. The van der Waals surface area contributed by atoms with Gasteiger partial charge in [0.25, 0.3) is 0 Å². The van der Waals surface area contributed by atoms with Gasteiger partial charge in [-0.1, -0.05) is 13.0 Å². The Labute approximate surface area is 239 Å². The molecule has 5 aliphatic rings. The van der Waals surface area contributed by atoms with Crippen molar-refractivity contribution < 1.29 is 43.2 Å². The molecule has 10 nitrogen and oxygen atoms in total. The van der Waals surface area contributed by atoms with E-state index in [4.69, 9.17) is 23.7 Å². The van der Waals surface area contributed by atoms with Crippen LogP contribution in [-0.4, -0.2) is 60.2 Å². The second-order valence-electron chi connectivity index (χ2n) is 13.4. The maximum atomic E-state index is 13.1. The van der Waals surface area contributed by atoms with Crippen molar-refractivity contribution >= 4 is 18.0 Å². The first kappa shape index (κ1) is 27.9. The highest BCUT2D eigenvalue weighted by Gasteiger charge is 2.82. The van der Waals surface area contributed by atoms with Gasteiger partial charge in [-0.05, 0) is 88.3 Å². The Morgan fingerprint density at radius 2 is 2.00 bits per heavy atom. The van der Waals surface area contributed by atoms with Crippen molar-refractivity contribution in [2.45, 2.75) is 95.5 Å². The Morgan fingerprint density at radius 1 is 1.24 bits per heavy atom. The molecule has 2 N–H and O–H groups in total. The summed E-state index contributed by atoms with van der Waals surface area (Å²) in [6, 6.07) is 4.00. The lowest BCUT2D eigenvalue weighted by atomic mass is 9.51. The number of benzene rings is 1. The lowest BCUT2D eigenvalue weighted by molar-refractivity contribution is -0.167. The van der Waals surface area contributed by atoms with Gasteiger partial charge in [0.15, 0.2) is 23.7 Å². The van der Waals surface area contributed by atoms with E-state index in [1.165, 1.54) is 6.92 Å². The van der Waals surface area contributed by atoms with Crippen LogP contribution in [0.4, 0.5) is 4.79 Å². The zero-order chi connectivity index (χ0) is 29.5. The van der Waals surface area contributed by atoms with E-state index in [-0.39, 0.29) is 24.3 Å². The van der Waals surface area contributed by atoms with Crippen molar-refractivity contribution in [3.05, 3.63) is 35.1 Å². The summed E-state index contributed by atoms with van der Waals surface area (Å²) < 4.78 is 28.5. The number of ether oxygens (including phenoxy) is 5. The number of fused-ring (bicyclic) bond motifs is 1. The smallest absolute Gasteiger partial charge is 0.407 e. The minimum absolute atomic E-state index is 0.00144. The molecule has 0 saturated heterocycles. The molecule has 10 heteroatoms. The number of rotatable bonds is 7. The van der Waals surface area contributed by atoms with Crippen LogP contribution in [0.1, 0.15) is 71.4 Å². The van der Waals surface area contributed by atoms with Crippen molar-refractivity contribution in [2.24, 2.45) is 17.3 Å². The number of hydrogen-bond donors (Lipinski definition) is 2. The van der Waals surface area contributed by atoms with Gasteiger partial charge in [0, 0.05) is 12.1 Å². The largest absolute Gasteiger partial charge is 0.493 e. The van der Waals surface area contributed by atoms with E-state index in [0.29, 0.717) is 29.6 Å². The van der Waals surface area contributed by atoms with E-state index in [1.807, 2.05) is 6.07 Å². The van der Waals surface area contributed by atoms with Crippen molar-refractivity contribution in [1.29, 1.82) is 0 Å². The van der Waals surface area contributed by atoms with E-state index in [1.54, 1.807) is 34.0 Å². The topological polar surface area (TPSA) is 130 Å². The van der Waals surface area contributed by atoms with Crippen LogP contribution in [0.5, 0.6) is 11.5 Å². The van der Waals surface area contributed by atoms with Crippen molar-refractivity contribution in [2.75, 3.05) is 13.7 Å². The molecule has 222 valence electrons. The first-order chi connectivity index (χ1) is 19.2. The molecule has 4 aliphatic carbocycles. The van der Waals surface area contributed by atoms with Crippen molar-refractivity contribution in [1.82, 2.24) is 5.32 Å². The molecule has 6 rings (SSSR count). The first-order valence-electron chi connectivity index (χ1n) is 14.4. The summed E-state index contributed by atoms with van der Waals surface area (Å²) in [5, 5.41) is 15.0. The molecule has 1 aromatic rings. The molecule has 2 saturated carbocycles. The molecule has 2 bridgehead atoms. The van der Waals surface area contributed by atoms with Gasteiger partial charge in [0.1, 0.15) is 11.4 Å². The number of esters is 2. The minimum Gasteiger partial charge on any atom is -0.493 e. The van der Waals surface area contributed by atoms with Gasteiger partial charge < -0.3 is 34.1 Å². The number of aliphatic hydroxyl groups is 1. The van der Waals surface area contributed by atoms with E-state index < -0.39 is 46.9 Å². The van der Waals surface area contributed by atoms with Crippen LogP contribution in [0, 0.1) is 17.3 Å². The number of methoxy groups -OCH3 is 1. The van der Waals surface area contributed by atoms with Crippen LogP contribution >= 0.6 is 0 Å². The second-order valence-corrected chi connectivity index (χ2v) is 13.4. The average molecular weight is 570 g/mol. The van der Waals surface area contributed by atoms with Crippen LogP contribution in [0.15, 0.2) is 24.0 Å². The molecule has 1 aromatic carbocycles. The quantitative estimate of drug-likeness (QED) is 0.373. The molecular formula is C31H39NO9. The summed E-state index contributed by atoms with van der Waals surface area (Å²) in [7, 11) is 1.59. The summed E-state index contributed by atoms with van der Waals surface area (Å²) in [5.41, 5.74) is -0.308. The van der Waals surface area contributed by atoms with Crippen LogP contribution in [-0.2, 0) is 35.6 Å². The number of alkyl carbamates (subject to hydrolysis) is 1. The zero-order valence-corrected chi connectivity index (χ0v) is 24.5. The van der Waals surface area contributed by atoms with Gasteiger partial charge in [-0.3, -0.25) is 4.79 Å². The predicted octanol–water partition coefficient (Wildman–Crippen LogP) is 3.70. The minimum atomic E-state index is -1.19. The molecule has 0 radical (unpaired) electrons. The summed E-state index contributed by atoms with van der Waals surface area (Å²) in [4.78, 5) is 37.3. The molecule has 7 atom stereocenters. The van der Waals surface area contributed by atoms with E-state index in [2.05, 4.69) is 18.3 Å². The Bertz CT molecular complexity index is 1350. The third-order valence-corrected chi connectivity index (χ3v) is 9.70. The number of amides is 1. The third kappa shape index (κ3) is 3.96. The summed E-state index contributed by atoms with van der Waals surface area (Å²) in [6.45, 7) is 8.87. The van der Waals surface area contributed by atoms with Gasteiger partial charge in [-0.2, -0.15) is 0 Å². The third-order valence-electron chi connectivity index (χ3n) is 9.70. The Morgan fingerprint density at radius 3 is 2.68 bits per heavy atom. The fraction of sp³-hybridized carbons (Fsp3) is 0.645. The van der Waals surface area contributed by atoms with E-state index in [9.17, 15) is 19.5 Å². The van der Waals surface area contributed by atoms with Gasteiger partial charge in [-0.25, -0.2) is 9.59 Å². The SMILES string of the molecule is COc1ccc2c3c1O[C@H]1C(OC(=O)[C@H](C)OC(=O)CCNC(=O)OC(C)(C)C)=CC[C@@]4(O)[C@@H]5C(C)CC5(C2)C[C@]314. The van der Waals surface area contributed by atoms with Crippen molar-refractivity contribution in [3.63, 3.8) is 0 Å². The molecule has 2 unspecified atom stereocenters. The fourth-order valence-corrected chi connectivity index (χ4v) is 8.74. The molecule has 1 amide bonds. The van der Waals surface area contributed by atoms with E-state index >= 15 is 0 Å². The first-order valence-corrected chi connectivity index (χ1v) is 14.4. The maximum absolute atomic E-state index is 13.1. The highest BCUT2D eigenvalue weighted by atomic mass is 16.6. The fourth-order valence-electron chi connectivity index (χ4n) is 8.74. The van der Waals surface area contributed by atoms with Gasteiger partial charge >= 0.3 is 18.0 Å². The van der Waals surface area contributed by atoms with Gasteiger partial charge in [0.05, 0.1) is 24.5 Å². The predicted molar refractivity (Wildman–Crippen MR) is 145 cm³/mol. The molecule has 1 heterocycles. The summed E-state index contributed by atoms with van der Waals surface area (Å²) in [5.74, 6) is 0.618. The zero-order valence-electron chi connectivity index (χ0n) is 24.5. The normalized spacial score (nSPS) is 34.1. The van der Waals surface area contributed by atoms with Crippen LogP contribution in [0.2, 0.25) is 0 Å². The van der Waals surface area contributed by atoms with Gasteiger partial charge in [-0.15, -0.1) is 0 Å². The molecular weight excluding hydrogens is 530 g/mol. The van der Waals surface area contributed by atoms with E-state index in [0.717, 1.165) is 30.4 Å². The number of carbonyl (C=O) groups is 3. The Kier molecular flexibility index (Phi) is 6.20. The van der Waals surface area contributed by atoms with Crippen LogP contribution in [0.3, 0.4) is 0 Å². The average Bonchev–Trinajstić information content (AvgIpc) is 3.29. The molecule has 1 aliphatic heterocycles. The van der Waals surface area contributed by atoms with Crippen LogP contribution < -0.4 is 14.8 Å². The summed E-state index contributed by atoms with van der Waals surface area (Å²) in [6.07, 6.45) is 2.13.